The lowest BCUT2D eigenvalue weighted by Crippen LogP contribution is -1.94. The molecule has 0 bridgehead atoms. The molecule has 1 aromatic carbocycles. The molecular formula is C9H11ClO. The van der Waals surface area contributed by atoms with Gasteiger partial charge in [-0.1, -0.05) is 18.2 Å². The predicted octanol–water partition coefficient (Wildman–Crippen LogP) is 2.82. The van der Waals surface area contributed by atoms with Crippen molar-refractivity contribution in [2.45, 2.75) is 12.8 Å². The predicted molar refractivity (Wildman–Crippen MR) is 47.2 cm³/mol. The Balaban J connectivity index is 2.83. The Morgan fingerprint density at radius 2 is 2.09 bits per heavy atom. The van der Waals surface area contributed by atoms with Crippen molar-refractivity contribution in [3.05, 3.63) is 29.8 Å². The molecule has 0 spiro atoms. The van der Waals surface area contributed by atoms with Gasteiger partial charge in [-0.15, -0.1) is 11.6 Å². The van der Waals surface area contributed by atoms with Crippen LogP contribution in [0.3, 0.4) is 0 Å². The van der Waals surface area contributed by atoms with Crippen molar-refractivity contribution in [1.29, 1.82) is 0 Å². The second-order valence-corrected chi connectivity index (χ2v) is 2.44. The van der Waals surface area contributed by atoms with Gasteiger partial charge in [0, 0.05) is 5.56 Å². The maximum absolute atomic E-state index is 5.69. The molecule has 0 N–H and O–H groups in total. The van der Waals surface area contributed by atoms with Crippen LogP contribution in [-0.2, 0) is 5.88 Å². The molecule has 0 radical (unpaired) electrons. The summed E-state index contributed by atoms with van der Waals surface area (Å²) in [5.41, 5.74) is 1.05. The van der Waals surface area contributed by atoms with Gasteiger partial charge in [0.2, 0.25) is 0 Å². The molecule has 0 aliphatic rings. The fraction of sp³-hybridized carbons (Fsp3) is 0.333. The minimum atomic E-state index is 0.510. The van der Waals surface area contributed by atoms with E-state index in [1.165, 1.54) is 0 Å². The molecule has 0 fully saturated rings. The summed E-state index contributed by atoms with van der Waals surface area (Å²) in [6.45, 7) is 2.65. The number of para-hydroxylation sites is 1. The second kappa shape index (κ2) is 4.24. The van der Waals surface area contributed by atoms with Crippen molar-refractivity contribution >= 4 is 11.6 Å². The lowest BCUT2D eigenvalue weighted by Gasteiger charge is -2.06. The monoisotopic (exact) mass is 170 g/mol. The van der Waals surface area contributed by atoms with Gasteiger partial charge in [-0.2, -0.15) is 0 Å². The molecule has 0 unspecified atom stereocenters. The van der Waals surface area contributed by atoms with Crippen LogP contribution >= 0.6 is 11.6 Å². The van der Waals surface area contributed by atoms with Gasteiger partial charge in [0.15, 0.2) is 0 Å². The molecule has 0 aliphatic heterocycles. The molecule has 0 atom stereocenters. The average Bonchev–Trinajstić information content (AvgIpc) is 2.06. The molecule has 1 aromatic rings. The molecule has 0 saturated heterocycles. The number of halogens is 1. The van der Waals surface area contributed by atoms with E-state index < -0.39 is 0 Å². The first-order valence-corrected chi connectivity index (χ1v) is 4.18. The highest BCUT2D eigenvalue weighted by atomic mass is 35.5. The highest BCUT2D eigenvalue weighted by Crippen LogP contribution is 2.19. The number of benzene rings is 1. The fourth-order valence-corrected chi connectivity index (χ4v) is 1.13. The summed E-state index contributed by atoms with van der Waals surface area (Å²) in [7, 11) is 0. The smallest absolute Gasteiger partial charge is 0.123 e. The zero-order valence-electron chi connectivity index (χ0n) is 6.51. The van der Waals surface area contributed by atoms with Crippen molar-refractivity contribution in [1.82, 2.24) is 0 Å². The van der Waals surface area contributed by atoms with E-state index in [2.05, 4.69) is 0 Å². The van der Waals surface area contributed by atoms with Crippen LogP contribution in [0.1, 0.15) is 12.5 Å². The van der Waals surface area contributed by atoms with E-state index in [4.69, 9.17) is 16.3 Å². The third kappa shape index (κ3) is 2.12. The Morgan fingerprint density at radius 1 is 1.36 bits per heavy atom. The molecule has 1 nitrogen and oxygen atoms in total. The van der Waals surface area contributed by atoms with Crippen LogP contribution in [0, 0.1) is 0 Å². The molecule has 1 rings (SSSR count). The zero-order valence-corrected chi connectivity index (χ0v) is 7.27. The van der Waals surface area contributed by atoms with Gasteiger partial charge < -0.3 is 4.74 Å². The first-order valence-electron chi connectivity index (χ1n) is 3.65. The summed E-state index contributed by atoms with van der Waals surface area (Å²) in [5, 5.41) is 0. The van der Waals surface area contributed by atoms with Crippen molar-refractivity contribution < 1.29 is 4.74 Å². The SMILES string of the molecule is CCOc1ccccc1CCl. The van der Waals surface area contributed by atoms with Crippen LogP contribution in [0.4, 0.5) is 0 Å². The van der Waals surface area contributed by atoms with Crippen LogP contribution in [-0.4, -0.2) is 6.61 Å². The largest absolute Gasteiger partial charge is 0.494 e. The van der Waals surface area contributed by atoms with E-state index in [0.29, 0.717) is 12.5 Å². The number of alkyl halides is 1. The summed E-state index contributed by atoms with van der Waals surface area (Å²) < 4.78 is 5.34. The molecule has 0 heterocycles. The van der Waals surface area contributed by atoms with Crippen molar-refractivity contribution in [3.8, 4) is 5.75 Å². The minimum Gasteiger partial charge on any atom is -0.494 e. The van der Waals surface area contributed by atoms with Gasteiger partial charge >= 0.3 is 0 Å². The summed E-state index contributed by atoms with van der Waals surface area (Å²) in [4.78, 5) is 0. The molecule has 0 aliphatic carbocycles. The van der Waals surface area contributed by atoms with Crippen molar-refractivity contribution in [3.63, 3.8) is 0 Å². The van der Waals surface area contributed by atoms with Gasteiger partial charge in [-0.3, -0.25) is 0 Å². The van der Waals surface area contributed by atoms with Crippen molar-refractivity contribution in [2.75, 3.05) is 6.61 Å². The Hall–Kier alpha value is -0.690. The standard InChI is InChI=1S/C9H11ClO/c1-2-11-9-6-4-3-5-8(9)7-10/h3-6H,2,7H2,1H3. The third-order valence-corrected chi connectivity index (χ3v) is 1.70. The average molecular weight is 171 g/mol. The lowest BCUT2D eigenvalue weighted by atomic mass is 10.2. The Morgan fingerprint density at radius 3 is 2.73 bits per heavy atom. The topological polar surface area (TPSA) is 9.23 Å². The highest BCUT2D eigenvalue weighted by Gasteiger charge is 1.98. The minimum absolute atomic E-state index is 0.510. The maximum atomic E-state index is 5.69. The Labute approximate surface area is 71.9 Å². The number of ether oxygens (including phenoxy) is 1. The van der Waals surface area contributed by atoms with Crippen LogP contribution in [0.25, 0.3) is 0 Å². The summed E-state index contributed by atoms with van der Waals surface area (Å²) in [6.07, 6.45) is 0. The summed E-state index contributed by atoms with van der Waals surface area (Å²) >= 11 is 5.69. The molecular weight excluding hydrogens is 160 g/mol. The summed E-state index contributed by atoms with van der Waals surface area (Å²) in [6, 6.07) is 7.81. The molecule has 0 aromatic heterocycles. The van der Waals surface area contributed by atoms with E-state index in [9.17, 15) is 0 Å². The Kier molecular flexibility index (Phi) is 3.24. The summed E-state index contributed by atoms with van der Waals surface area (Å²) in [5.74, 6) is 1.40. The van der Waals surface area contributed by atoms with E-state index in [-0.39, 0.29) is 0 Å². The van der Waals surface area contributed by atoms with Crippen molar-refractivity contribution in [2.24, 2.45) is 0 Å². The van der Waals surface area contributed by atoms with E-state index >= 15 is 0 Å². The first kappa shape index (κ1) is 8.41. The van der Waals surface area contributed by atoms with Crippen LogP contribution in [0.5, 0.6) is 5.75 Å². The van der Waals surface area contributed by atoms with Crippen LogP contribution < -0.4 is 4.74 Å². The van der Waals surface area contributed by atoms with E-state index in [1.807, 2.05) is 31.2 Å². The quantitative estimate of drug-likeness (QED) is 0.634. The molecule has 2 heteroatoms. The number of hydrogen-bond donors (Lipinski definition) is 0. The molecule has 0 saturated carbocycles. The third-order valence-electron chi connectivity index (χ3n) is 1.42. The molecule has 0 amide bonds. The van der Waals surface area contributed by atoms with Gasteiger partial charge in [0.25, 0.3) is 0 Å². The number of rotatable bonds is 3. The van der Waals surface area contributed by atoms with E-state index in [0.717, 1.165) is 11.3 Å². The molecule has 11 heavy (non-hydrogen) atoms. The fourth-order valence-electron chi connectivity index (χ4n) is 0.911. The normalized spacial score (nSPS) is 9.64. The lowest BCUT2D eigenvalue weighted by molar-refractivity contribution is 0.337. The van der Waals surface area contributed by atoms with Crippen LogP contribution in [0.15, 0.2) is 24.3 Å². The Bertz CT molecular complexity index is 223. The number of hydrogen-bond acceptors (Lipinski definition) is 1. The maximum Gasteiger partial charge on any atom is 0.123 e. The van der Waals surface area contributed by atoms with Gasteiger partial charge in [0.1, 0.15) is 5.75 Å². The van der Waals surface area contributed by atoms with E-state index in [1.54, 1.807) is 0 Å². The highest BCUT2D eigenvalue weighted by molar-refractivity contribution is 6.17. The zero-order chi connectivity index (χ0) is 8.10. The molecule has 60 valence electrons. The van der Waals surface area contributed by atoms with Gasteiger partial charge in [-0.25, -0.2) is 0 Å². The van der Waals surface area contributed by atoms with Gasteiger partial charge in [0.05, 0.1) is 12.5 Å². The first-order chi connectivity index (χ1) is 5.38. The van der Waals surface area contributed by atoms with Crippen LogP contribution in [0.2, 0.25) is 0 Å². The second-order valence-electron chi connectivity index (χ2n) is 2.17. The van der Waals surface area contributed by atoms with Gasteiger partial charge in [-0.05, 0) is 13.0 Å².